The van der Waals surface area contributed by atoms with E-state index in [4.69, 9.17) is 0 Å². The number of hydrogen-bond acceptors (Lipinski definition) is 2. The molecule has 0 atom stereocenters. The molecule has 1 aliphatic heterocycles. The lowest BCUT2D eigenvalue weighted by Gasteiger charge is -2.24. The quantitative estimate of drug-likeness (QED) is 0.700. The zero-order valence-electron chi connectivity index (χ0n) is 10.4. The van der Waals surface area contributed by atoms with E-state index in [1.165, 1.54) is 12.8 Å². The van der Waals surface area contributed by atoms with Crippen LogP contribution in [0.25, 0.3) is 0 Å². The van der Waals surface area contributed by atoms with E-state index >= 15 is 0 Å². The van der Waals surface area contributed by atoms with Gasteiger partial charge in [-0.25, -0.2) is 0 Å². The minimum atomic E-state index is -0.00975. The Hall–Kier alpha value is -1.06. The van der Waals surface area contributed by atoms with Gasteiger partial charge in [-0.3, -0.25) is 9.59 Å². The third kappa shape index (κ3) is 3.45. The molecule has 2 amide bonds. The first kappa shape index (κ1) is 12.4. The fourth-order valence-electron chi connectivity index (χ4n) is 2.78. The molecule has 0 aromatic rings. The molecule has 0 bridgehead atoms. The van der Waals surface area contributed by atoms with Crippen molar-refractivity contribution in [3.05, 3.63) is 0 Å². The summed E-state index contributed by atoms with van der Waals surface area (Å²) in [5.74, 6) is 0.372. The highest BCUT2D eigenvalue weighted by Gasteiger charge is 2.27. The monoisotopic (exact) mass is 238 g/mol. The Balaban J connectivity index is 1.94. The van der Waals surface area contributed by atoms with Crippen LogP contribution < -0.4 is 5.32 Å². The van der Waals surface area contributed by atoms with Gasteiger partial charge in [0, 0.05) is 19.0 Å². The van der Waals surface area contributed by atoms with Crippen LogP contribution in [0.2, 0.25) is 0 Å². The molecule has 2 fully saturated rings. The lowest BCUT2D eigenvalue weighted by Crippen LogP contribution is -2.40. The van der Waals surface area contributed by atoms with E-state index in [0.717, 1.165) is 38.6 Å². The number of carbonyl (C=O) groups excluding carboxylic acids is 2. The predicted molar refractivity (Wildman–Crippen MR) is 65.4 cm³/mol. The van der Waals surface area contributed by atoms with E-state index in [1.54, 1.807) is 4.90 Å². The van der Waals surface area contributed by atoms with Crippen LogP contribution in [0.15, 0.2) is 0 Å². The minimum Gasteiger partial charge on any atom is -0.354 e. The second-order valence-electron chi connectivity index (χ2n) is 5.15. The third-order valence-corrected chi connectivity index (χ3v) is 3.78. The maximum Gasteiger partial charge on any atom is 0.239 e. The van der Waals surface area contributed by atoms with E-state index in [0.29, 0.717) is 6.54 Å². The normalized spacial score (nSPS) is 23.8. The van der Waals surface area contributed by atoms with Crippen molar-refractivity contribution in [2.24, 2.45) is 5.92 Å². The molecule has 1 aliphatic carbocycles. The molecule has 4 heteroatoms. The molecule has 0 aromatic carbocycles. The van der Waals surface area contributed by atoms with Crippen LogP contribution in [0, 0.1) is 5.92 Å². The minimum absolute atomic E-state index is 0.00975. The van der Waals surface area contributed by atoms with Crippen LogP contribution in [0.1, 0.15) is 44.9 Å². The average molecular weight is 238 g/mol. The molecule has 0 aromatic heterocycles. The highest BCUT2D eigenvalue weighted by molar-refractivity contribution is 5.86. The molecule has 2 rings (SSSR count). The van der Waals surface area contributed by atoms with Crippen molar-refractivity contribution in [2.75, 3.05) is 19.6 Å². The van der Waals surface area contributed by atoms with Gasteiger partial charge in [-0.2, -0.15) is 0 Å². The second-order valence-corrected chi connectivity index (χ2v) is 5.15. The summed E-state index contributed by atoms with van der Waals surface area (Å²) in [6.45, 7) is 1.69. The molecule has 1 heterocycles. The van der Waals surface area contributed by atoms with Crippen molar-refractivity contribution in [1.29, 1.82) is 0 Å². The van der Waals surface area contributed by atoms with E-state index in [1.807, 2.05) is 0 Å². The summed E-state index contributed by atoms with van der Waals surface area (Å²) in [5, 5.41) is 2.81. The standard InChI is InChI=1S/C13H22N2O2/c16-12-10-15(9-5-8-14-12)13(17)11-6-3-1-2-4-7-11/h11H,1-10H2,(H,14,16). The Bertz CT molecular complexity index is 283. The van der Waals surface area contributed by atoms with Crippen molar-refractivity contribution in [2.45, 2.75) is 44.9 Å². The van der Waals surface area contributed by atoms with E-state index < -0.39 is 0 Å². The average Bonchev–Trinajstić information content (AvgIpc) is 2.70. The molecule has 0 unspecified atom stereocenters. The van der Waals surface area contributed by atoms with Crippen LogP contribution in [0.3, 0.4) is 0 Å². The topological polar surface area (TPSA) is 49.4 Å². The fourth-order valence-corrected chi connectivity index (χ4v) is 2.78. The Morgan fingerprint density at radius 2 is 1.82 bits per heavy atom. The summed E-state index contributed by atoms with van der Waals surface area (Å²) >= 11 is 0. The van der Waals surface area contributed by atoms with Gasteiger partial charge in [-0.15, -0.1) is 0 Å². The molecule has 2 aliphatic rings. The van der Waals surface area contributed by atoms with E-state index in [9.17, 15) is 9.59 Å². The molecular weight excluding hydrogens is 216 g/mol. The molecule has 1 saturated carbocycles. The molecule has 96 valence electrons. The van der Waals surface area contributed by atoms with Crippen molar-refractivity contribution in [3.63, 3.8) is 0 Å². The van der Waals surface area contributed by atoms with E-state index in [-0.39, 0.29) is 24.3 Å². The molecule has 17 heavy (non-hydrogen) atoms. The number of rotatable bonds is 1. The third-order valence-electron chi connectivity index (χ3n) is 3.78. The molecule has 0 radical (unpaired) electrons. The van der Waals surface area contributed by atoms with Gasteiger partial charge in [0.05, 0.1) is 6.54 Å². The van der Waals surface area contributed by atoms with Crippen LogP contribution in [0.5, 0.6) is 0 Å². The second kappa shape index (κ2) is 6.03. The number of carbonyl (C=O) groups is 2. The van der Waals surface area contributed by atoms with Gasteiger partial charge in [-0.1, -0.05) is 25.7 Å². The van der Waals surface area contributed by atoms with Gasteiger partial charge in [0.1, 0.15) is 0 Å². The zero-order valence-corrected chi connectivity index (χ0v) is 10.4. The zero-order chi connectivity index (χ0) is 12.1. The number of hydrogen-bond donors (Lipinski definition) is 1. The highest BCUT2D eigenvalue weighted by Crippen LogP contribution is 2.24. The summed E-state index contributed by atoms with van der Waals surface area (Å²) in [6, 6.07) is 0. The lowest BCUT2D eigenvalue weighted by molar-refractivity contribution is -0.139. The molecule has 1 saturated heterocycles. The van der Waals surface area contributed by atoms with Crippen molar-refractivity contribution in [1.82, 2.24) is 10.2 Å². The van der Waals surface area contributed by atoms with Gasteiger partial charge >= 0.3 is 0 Å². The lowest BCUT2D eigenvalue weighted by atomic mass is 9.98. The Morgan fingerprint density at radius 3 is 2.53 bits per heavy atom. The number of nitrogens with one attached hydrogen (secondary N) is 1. The number of amides is 2. The Morgan fingerprint density at radius 1 is 1.12 bits per heavy atom. The Kier molecular flexibility index (Phi) is 4.40. The van der Waals surface area contributed by atoms with Crippen LogP contribution in [-0.4, -0.2) is 36.3 Å². The van der Waals surface area contributed by atoms with Crippen LogP contribution in [-0.2, 0) is 9.59 Å². The summed E-state index contributed by atoms with van der Waals surface area (Å²) < 4.78 is 0. The van der Waals surface area contributed by atoms with Crippen LogP contribution in [0.4, 0.5) is 0 Å². The van der Waals surface area contributed by atoms with Gasteiger partial charge in [0.2, 0.25) is 11.8 Å². The number of nitrogens with zero attached hydrogens (tertiary/aromatic N) is 1. The highest BCUT2D eigenvalue weighted by atomic mass is 16.2. The largest absolute Gasteiger partial charge is 0.354 e. The Labute approximate surface area is 103 Å². The molecular formula is C13H22N2O2. The van der Waals surface area contributed by atoms with E-state index in [2.05, 4.69) is 5.32 Å². The van der Waals surface area contributed by atoms with Gasteiger partial charge in [-0.05, 0) is 19.3 Å². The van der Waals surface area contributed by atoms with Crippen molar-refractivity contribution in [3.8, 4) is 0 Å². The SMILES string of the molecule is O=C1CN(C(=O)C2CCCCCC2)CCCN1. The summed E-state index contributed by atoms with van der Waals surface area (Å²) in [7, 11) is 0. The van der Waals surface area contributed by atoms with Gasteiger partial charge in [0.15, 0.2) is 0 Å². The first-order valence-corrected chi connectivity index (χ1v) is 6.83. The molecule has 0 spiro atoms. The first-order chi connectivity index (χ1) is 8.27. The molecule has 4 nitrogen and oxygen atoms in total. The van der Waals surface area contributed by atoms with Gasteiger partial charge < -0.3 is 10.2 Å². The summed E-state index contributed by atoms with van der Waals surface area (Å²) in [5.41, 5.74) is 0. The molecule has 1 N–H and O–H groups in total. The maximum absolute atomic E-state index is 12.4. The fraction of sp³-hybridized carbons (Fsp3) is 0.846. The van der Waals surface area contributed by atoms with Crippen molar-refractivity contribution < 1.29 is 9.59 Å². The van der Waals surface area contributed by atoms with Crippen LogP contribution >= 0.6 is 0 Å². The predicted octanol–water partition coefficient (Wildman–Crippen LogP) is 1.31. The smallest absolute Gasteiger partial charge is 0.239 e. The van der Waals surface area contributed by atoms with Crippen molar-refractivity contribution >= 4 is 11.8 Å². The maximum atomic E-state index is 12.4. The summed E-state index contributed by atoms with van der Waals surface area (Å²) in [4.78, 5) is 25.6. The van der Waals surface area contributed by atoms with Gasteiger partial charge in [0.25, 0.3) is 0 Å². The first-order valence-electron chi connectivity index (χ1n) is 6.83. The summed E-state index contributed by atoms with van der Waals surface area (Å²) in [6.07, 6.45) is 7.74.